The number of hydrogen-bond donors (Lipinski definition) is 2. The maximum Gasteiger partial charge on any atom is 0.164 e. The Kier molecular flexibility index (Phi) is 14.5. The molecule has 1 aliphatic carbocycles. The smallest absolute Gasteiger partial charge is 0.164 e. The molecule has 3 N–H and O–H groups in total. The maximum absolute atomic E-state index is 6.54. The minimum Gasteiger partial charge on any atom is -0.496 e. The summed E-state index contributed by atoms with van der Waals surface area (Å²) < 4.78 is 16.5. The number of benzene rings is 2. The second kappa shape index (κ2) is 16.2. The molecule has 0 heterocycles. The van der Waals surface area contributed by atoms with E-state index in [1.165, 1.54) is 47.9 Å². The van der Waals surface area contributed by atoms with Crippen LogP contribution in [-0.4, -0.2) is 40.5 Å². The van der Waals surface area contributed by atoms with E-state index in [2.05, 4.69) is 36.5 Å². The lowest BCUT2D eigenvalue weighted by atomic mass is 9.76. The molecule has 0 fully saturated rings. The molecule has 7 heteroatoms. The lowest BCUT2D eigenvalue weighted by Crippen LogP contribution is -2.33. The van der Waals surface area contributed by atoms with E-state index in [9.17, 15) is 0 Å². The summed E-state index contributed by atoms with van der Waals surface area (Å²) in [5.74, 6) is 3.09. The molecule has 2 aromatic rings. The second-order valence-electron chi connectivity index (χ2n) is 9.18. The van der Waals surface area contributed by atoms with Crippen molar-refractivity contribution in [3.05, 3.63) is 52.6 Å². The Bertz CT molecular complexity index is 895. The van der Waals surface area contributed by atoms with Gasteiger partial charge >= 0.3 is 0 Å². The molecule has 2 aromatic carbocycles. The molecule has 1 aliphatic rings. The van der Waals surface area contributed by atoms with Crippen LogP contribution in [0.1, 0.15) is 66.7 Å². The van der Waals surface area contributed by atoms with Crippen molar-refractivity contribution in [2.24, 2.45) is 5.73 Å². The topological polar surface area (TPSA) is 65.7 Å². The zero-order valence-electron chi connectivity index (χ0n) is 21.7. The highest BCUT2D eigenvalue weighted by Crippen LogP contribution is 2.43. The average molecular weight is 528 g/mol. The van der Waals surface area contributed by atoms with E-state index >= 15 is 0 Å². The Morgan fingerprint density at radius 2 is 1.60 bits per heavy atom. The highest BCUT2D eigenvalue weighted by Gasteiger charge is 2.29. The molecule has 0 radical (unpaired) electrons. The molecule has 198 valence electrons. The van der Waals surface area contributed by atoms with E-state index in [1.54, 1.807) is 21.3 Å². The van der Waals surface area contributed by atoms with Crippen LogP contribution in [0.2, 0.25) is 0 Å². The van der Waals surface area contributed by atoms with Crippen molar-refractivity contribution in [3.63, 3.8) is 0 Å². The number of methoxy groups -OCH3 is 3. The molecule has 35 heavy (non-hydrogen) atoms. The molecule has 0 aliphatic heterocycles. The van der Waals surface area contributed by atoms with Gasteiger partial charge in [0, 0.05) is 11.6 Å². The van der Waals surface area contributed by atoms with Gasteiger partial charge in [0.25, 0.3) is 0 Å². The van der Waals surface area contributed by atoms with Gasteiger partial charge in [0.1, 0.15) is 5.75 Å². The lowest BCUT2D eigenvalue weighted by molar-refractivity contribution is 0.343. The van der Waals surface area contributed by atoms with Crippen molar-refractivity contribution < 1.29 is 14.2 Å². The molecule has 5 nitrogen and oxygen atoms in total. The molecule has 2 unspecified atom stereocenters. The maximum atomic E-state index is 6.54. The Morgan fingerprint density at radius 3 is 2.29 bits per heavy atom. The summed E-state index contributed by atoms with van der Waals surface area (Å²) in [7, 11) is 5.15. The molecule has 0 spiro atoms. The van der Waals surface area contributed by atoms with Crippen LogP contribution in [0.5, 0.6) is 17.2 Å². The summed E-state index contributed by atoms with van der Waals surface area (Å²) in [6.07, 6.45) is 9.14. The molecule has 2 atom stereocenters. The number of aryl methyl sites for hydroxylation is 1. The number of halogens is 2. The average Bonchev–Trinajstić information content (AvgIpc) is 2.83. The van der Waals surface area contributed by atoms with Crippen molar-refractivity contribution in [2.75, 3.05) is 34.4 Å². The summed E-state index contributed by atoms with van der Waals surface area (Å²) in [6, 6.07) is 10.9. The van der Waals surface area contributed by atoms with Crippen LogP contribution in [0.15, 0.2) is 30.3 Å². The standard InChI is InChI=1S/C28H42N2O3.2ClH/c1-20-19-21(10-14-26(20)31-2)16-18-30-17-8-6-5-7-9-23-22-12-15-27(32-3)28(33-4)24(22)11-13-25(23)29;;/h10,12,14-15,19,23,25,30H,5-9,11,13,16-18,29H2,1-4H3;2*1H. The van der Waals surface area contributed by atoms with Crippen LogP contribution in [0.4, 0.5) is 0 Å². The third-order valence-corrected chi connectivity index (χ3v) is 7.00. The van der Waals surface area contributed by atoms with Crippen molar-refractivity contribution in [3.8, 4) is 17.2 Å². The van der Waals surface area contributed by atoms with Gasteiger partial charge in [-0.15, -0.1) is 24.8 Å². The first-order valence-electron chi connectivity index (χ1n) is 12.4. The number of unbranched alkanes of at least 4 members (excludes halogenated alkanes) is 3. The molecule has 0 amide bonds. The fraction of sp³-hybridized carbons (Fsp3) is 0.571. The highest BCUT2D eigenvalue weighted by atomic mass is 35.5. The van der Waals surface area contributed by atoms with Gasteiger partial charge in [-0.2, -0.15) is 0 Å². The quantitative estimate of drug-likeness (QED) is 0.313. The third-order valence-electron chi connectivity index (χ3n) is 7.00. The molecule has 0 aromatic heterocycles. The number of nitrogens with two attached hydrogens (primary N) is 1. The van der Waals surface area contributed by atoms with Gasteiger partial charge in [-0.1, -0.05) is 37.5 Å². The van der Waals surface area contributed by atoms with Gasteiger partial charge in [0.15, 0.2) is 11.5 Å². The van der Waals surface area contributed by atoms with Gasteiger partial charge in [-0.25, -0.2) is 0 Å². The minimum absolute atomic E-state index is 0. The number of ether oxygens (including phenoxy) is 3. The zero-order valence-corrected chi connectivity index (χ0v) is 23.4. The van der Waals surface area contributed by atoms with Crippen molar-refractivity contribution in [1.82, 2.24) is 5.32 Å². The number of fused-ring (bicyclic) bond motifs is 1. The third kappa shape index (κ3) is 8.45. The monoisotopic (exact) mass is 526 g/mol. The molecule has 3 rings (SSSR count). The fourth-order valence-electron chi connectivity index (χ4n) is 5.15. The summed E-state index contributed by atoms with van der Waals surface area (Å²) in [5.41, 5.74) is 11.8. The lowest BCUT2D eigenvalue weighted by Gasteiger charge is -2.32. The highest BCUT2D eigenvalue weighted by molar-refractivity contribution is 5.85. The van der Waals surface area contributed by atoms with E-state index in [-0.39, 0.29) is 30.9 Å². The molecular weight excluding hydrogens is 483 g/mol. The number of hydrogen-bond acceptors (Lipinski definition) is 5. The fourth-order valence-corrected chi connectivity index (χ4v) is 5.15. The SMILES string of the molecule is COc1ccc(CCNCCCCCCC2c3ccc(OC)c(OC)c3CCC2N)cc1C.Cl.Cl. The van der Waals surface area contributed by atoms with Crippen LogP contribution < -0.4 is 25.3 Å². The van der Waals surface area contributed by atoms with Gasteiger partial charge in [-0.3, -0.25) is 0 Å². The first-order chi connectivity index (χ1) is 16.1. The summed E-state index contributed by atoms with van der Waals surface area (Å²) in [5, 5.41) is 3.59. The minimum atomic E-state index is 0. The molecule has 0 saturated heterocycles. The van der Waals surface area contributed by atoms with Crippen LogP contribution in [0.3, 0.4) is 0 Å². The van der Waals surface area contributed by atoms with E-state index in [0.717, 1.165) is 56.0 Å². The Hall–Kier alpha value is -1.66. The molecule has 0 bridgehead atoms. The van der Waals surface area contributed by atoms with E-state index in [0.29, 0.717) is 5.92 Å². The van der Waals surface area contributed by atoms with Crippen LogP contribution in [0, 0.1) is 6.92 Å². The van der Waals surface area contributed by atoms with E-state index in [1.807, 2.05) is 6.07 Å². The van der Waals surface area contributed by atoms with E-state index in [4.69, 9.17) is 19.9 Å². The normalized spacial score (nSPS) is 16.5. The first kappa shape index (κ1) is 31.4. The van der Waals surface area contributed by atoms with Gasteiger partial charge in [0.05, 0.1) is 21.3 Å². The summed E-state index contributed by atoms with van der Waals surface area (Å²) in [6.45, 7) is 4.20. The summed E-state index contributed by atoms with van der Waals surface area (Å²) >= 11 is 0. The number of rotatable bonds is 13. The largest absolute Gasteiger partial charge is 0.496 e. The predicted molar refractivity (Wildman–Crippen MR) is 150 cm³/mol. The van der Waals surface area contributed by atoms with Crippen LogP contribution >= 0.6 is 24.8 Å². The molecular formula is C28H44Cl2N2O3. The van der Waals surface area contributed by atoms with Gasteiger partial charge < -0.3 is 25.3 Å². The first-order valence-corrected chi connectivity index (χ1v) is 12.4. The Labute approximate surface area is 224 Å². The van der Waals surface area contributed by atoms with Crippen LogP contribution in [0.25, 0.3) is 0 Å². The van der Waals surface area contributed by atoms with Crippen molar-refractivity contribution in [2.45, 2.75) is 70.3 Å². The summed E-state index contributed by atoms with van der Waals surface area (Å²) in [4.78, 5) is 0. The Morgan fingerprint density at radius 1 is 0.886 bits per heavy atom. The van der Waals surface area contributed by atoms with Crippen molar-refractivity contribution in [1.29, 1.82) is 0 Å². The second-order valence-corrected chi connectivity index (χ2v) is 9.18. The predicted octanol–water partition coefficient (Wildman–Crippen LogP) is 6.00. The van der Waals surface area contributed by atoms with Crippen LogP contribution in [-0.2, 0) is 12.8 Å². The molecule has 0 saturated carbocycles. The Balaban J connectivity index is 0.00000306. The van der Waals surface area contributed by atoms with Gasteiger partial charge in [-0.05, 0) is 86.9 Å². The van der Waals surface area contributed by atoms with Crippen molar-refractivity contribution >= 4 is 24.8 Å². The zero-order chi connectivity index (χ0) is 23.6. The number of nitrogens with one attached hydrogen (secondary N) is 1. The van der Waals surface area contributed by atoms with E-state index < -0.39 is 0 Å². The van der Waals surface area contributed by atoms with Gasteiger partial charge in [0.2, 0.25) is 0 Å².